The molecule has 2 aliphatic rings. The molecule has 0 saturated carbocycles. The van der Waals surface area contributed by atoms with E-state index in [1.807, 2.05) is 74.2 Å². The van der Waals surface area contributed by atoms with Crippen LogP contribution in [-0.2, 0) is 19.1 Å². The molecule has 4 N–H and O–H groups in total. The first-order valence-corrected chi connectivity index (χ1v) is 18.8. The van der Waals surface area contributed by atoms with Crippen molar-refractivity contribution in [2.75, 3.05) is 33.9 Å². The number of benzene rings is 2. The van der Waals surface area contributed by atoms with E-state index in [0.717, 1.165) is 54.0 Å². The molecule has 4 atom stereocenters. The number of rotatable bonds is 13. The van der Waals surface area contributed by atoms with E-state index in [0.29, 0.717) is 43.4 Å². The number of imidazole rings is 2. The number of nitrogens with zero attached hydrogens (tertiary/aromatic N) is 4. The van der Waals surface area contributed by atoms with Gasteiger partial charge in [0.1, 0.15) is 29.2 Å². The molecule has 4 aromatic rings. The highest BCUT2D eigenvalue weighted by Gasteiger charge is 2.37. The molecule has 2 aromatic heterocycles. The molecule has 6 rings (SSSR count). The Hall–Kier alpha value is -5.86. The van der Waals surface area contributed by atoms with Crippen LogP contribution < -0.4 is 15.4 Å². The minimum Gasteiger partial charge on any atom is -0.457 e. The van der Waals surface area contributed by atoms with E-state index in [-0.39, 0.29) is 35.7 Å². The van der Waals surface area contributed by atoms with Gasteiger partial charge in [0.15, 0.2) is 0 Å². The van der Waals surface area contributed by atoms with Gasteiger partial charge in [-0.25, -0.2) is 19.6 Å². The molecule has 15 heteroatoms. The van der Waals surface area contributed by atoms with Crippen LogP contribution in [0.5, 0.6) is 11.5 Å². The number of H-pyrrole nitrogens is 2. The summed E-state index contributed by atoms with van der Waals surface area (Å²) in [7, 11) is 2.60. The number of carbonyl (C=O) groups is 4. The maximum atomic E-state index is 13.5. The molecule has 0 spiro atoms. The topological polar surface area (TPSA) is 184 Å². The number of methoxy groups -OCH3 is 2. The first-order valence-electron chi connectivity index (χ1n) is 18.8. The first-order chi connectivity index (χ1) is 26.5. The van der Waals surface area contributed by atoms with E-state index < -0.39 is 18.2 Å². The Balaban J connectivity index is 1.04. The molecular formula is C40H50N8O7. The molecule has 4 unspecified atom stereocenters. The average molecular weight is 755 g/mol. The number of ether oxygens (including phenoxy) is 3. The molecule has 15 nitrogen and oxygen atoms in total. The van der Waals surface area contributed by atoms with E-state index in [4.69, 9.17) is 9.47 Å². The monoisotopic (exact) mass is 754 g/mol. The van der Waals surface area contributed by atoms with Gasteiger partial charge in [-0.05, 0) is 97.2 Å². The van der Waals surface area contributed by atoms with E-state index in [1.165, 1.54) is 14.2 Å². The third-order valence-electron chi connectivity index (χ3n) is 10.2. The second-order valence-electron chi connectivity index (χ2n) is 14.5. The van der Waals surface area contributed by atoms with Crippen LogP contribution >= 0.6 is 0 Å². The molecule has 0 bridgehead atoms. The van der Waals surface area contributed by atoms with Crippen LogP contribution in [0, 0.1) is 11.8 Å². The highest BCUT2D eigenvalue weighted by Crippen LogP contribution is 2.35. The van der Waals surface area contributed by atoms with Gasteiger partial charge in [-0.15, -0.1) is 0 Å². The number of likely N-dealkylation sites (tertiary alicyclic amines) is 2. The summed E-state index contributed by atoms with van der Waals surface area (Å²) in [6, 6.07) is 14.4. The highest BCUT2D eigenvalue weighted by molar-refractivity contribution is 5.86. The number of carbonyl (C=O) groups excluding carboxylic acids is 4. The van der Waals surface area contributed by atoms with E-state index in [9.17, 15) is 19.2 Å². The van der Waals surface area contributed by atoms with Crippen molar-refractivity contribution < 1.29 is 33.4 Å². The van der Waals surface area contributed by atoms with Crippen LogP contribution in [0.3, 0.4) is 0 Å². The van der Waals surface area contributed by atoms with Gasteiger partial charge in [0.25, 0.3) is 0 Å². The van der Waals surface area contributed by atoms with E-state index in [1.54, 1.807) is 17.3 Å². The van der Waals surface area contributed by atoms with Gasteiger partial charge >= 0.3 is 12.2 Å². The van der Waals surface area contributed by atoms with Crippen molar-refractivity contribution in [3.8, 4) is 34.0 Å². The largest absolute Gasteiger partial charge is 0.457 e. The average Bonchev–Trinajstić information content (AvgIpc) is 4.03. The van der Waals surface area contributed by atoms with Gasteiger partial charge in [-0.3, -0.25) is 9.59 Å². The molecule has 0 aliphatic carbocycles. The minimum atomic E-state index is -0.693. The lowest BCUT2D eigenvalue weighted by Crippen LogP contribution is -2.51. The number of alkyl carbamates (subject to hydrolysis) is 2. The predicted molar refractivity (Wildman–Crippen MR) is 204 cm³/mol. The fraction of sp³-hybridized carbons (Fsp3) is 0.450. The van der Waals surface area contributed by atoms with Crippen LogP contribution in [0.2, 0.25) is 0 Å². The zero-order chi connectivity index (χ0) is 39.1. The summed E-state index contributed by atoms with van der Waals surface area (Å²) in [4.78, 5) is 69.8. The predicted octanol–water partition coefficient (Wildman–Crippen LogP) is 6.35. The van der Waals surface area contributed by atoms with Crippen molar-refractivity contribution >= 4 is 24.0 Å². The van der Waals surface area contributed by atoms with Crippen LogP contribution in [0.4, 0.5) is 9.59 Å². The Labute approximate surface area is 320 Å². The lowest BCUT2D eigenvalue weighted by atomic mass is 10.0. The summed E-state index contributed by atoms with van der Waals surface area (Å²) in [6.45, 7) is 7.34. The van der Waals surface area contributed by atoms with Crippen molar-refractivity contribution in [2.45, 2.75) is 71.0 Å². The minimum absolute atomic E-state index is 0.0279. The van der Waals surface area contributed by atoms with Crippen molar-refractivity contribution in [2.24, 2.45) is 11.8 Å². The van der Waals surface area contributed by atoms with Crippen molar-refractivity contribution in [1.82, 2.24) is 40.4 Å². The Bertz CT molecular complexity index is 1940. The molecule has 2 aromatic carbocycles. The van der Waals surface area contributed by atoms with Gasteiger partial charge in [0.2, 0.25) is 11.8 Å². The number of aromatic nitrogens is 4. The summed E-state index contributed by atoms with van der Waals surface area (Å²) < 4.78 is 15.5. The van der Waals surface area contributed by atoms with E-state index >= 15 is 0 Å². The number of aromatic amines is 2. The van der Waals surface area contributed by atoms with Crippen molar-refractivity contribution in [1.29, 1.82) is 0 Å². The van der Waals surface area contributed by atoms with Crippen LogP contribution in [-0.4, -0.2) is 93.6 Å². The highest BCUT2D eigenvalue weighted by atomic mass is 16.5. The van der Waals surface area contributed by atoms with Crippen molar-refractivity contribution in [3.05, 3.63) is 72.6 Å². The number of amides is 4. The zero-order valence-corrected chi connectivity index (χ0v) is 32.0. The number of nitrogens with one attached hydrogen (secondary N) is 4. The molecule has 2 fully saturated rings. The first kappa shape index (κ1) is 38.9. The summed E-state index contributed by atoms with van der Waals surface area (Å²) in [6.07, 6.45) is 6.10. The third-order valence-corrected chi connectivity index (χ3v) is 10.2. The molecule has 0 radical (unpaired) electrons. The third kappa shape index (κ3) is 9.27. The van der Waals surface area contributed by atoms with Crippen LogP contribution in [0.25, 0.3) is 22.5 Å². The number of hydrogen-bond donors (Lipinski definition) is 4. The van der Waals surface area contributed by atoms with Gasteiger partial charge in [0, 0.05) is 26.1 Å². The van der Waals surface area contributed by atoms with Gasteiger partial charge in [-0.2, -0.15) is 0 Å². The SMILES string of the molecule is COC(=O)NCC(C)CC(=O)N1CCCC1c1ncc(-c2ccc(Oc3ccc(-c4cnc(C5CCCN5C(=O)C(NC(=O)OC)C(C)C)[nH]4)cc3)cc2)[nH]1. The Morgan fingerprint density at radius 2 is 1.27 bits per heavy atom. The van der Waals surface area contributed by atoms with Crippen molar-refractivity contribution in [3.63, 3.8) is 0 Å². The molecule has 4 amide bonds. The van der Waals surface area contributed by atoms with Gasteiger partial charge in [-0.1, -0.05) is 20.8 Å². The molecular weight excluding hydrogens is 704 g/mol. The van der Waals surface area contributed by atoms with Gasteiger partial charge < -0.3 is 44.6 Å². The van der Waals surface area contributed by atoms with E-state index in [2.05, 4.69) is 35.3 Å². The van der Waals surface area contributed by atoms with Gasteiger partial charge in [0.05, 0.1) is 50.1 Å². The molecule has 4 heterocycles. The smallest absolute Gasteiger partial charge is 0.407 e. The lowest BCUT2D eigenvalue weighted by molar-refractivity contribution is -0.135. The zero-order valence-electron chi connectivity index (χ0n) is 32.0. The fourth-order valence-corrected chi connectivity index (χ4v) is 7.21. The Morgan fingerprint density at radius 3 is 1.78 bits per heavy atom. The number of hydrogen-bond acceptors (Lipinski definition) is 9. The second-order valence-corrected chi connectivity index (χ2v) is 14.5. The Morgan fingerprint density at radius 1 is 0.764 bits per heavy atom. The summed E-state index contributed by atoms with van der Waals surface area (Å²) >= 11 is 0. The molecule has 2 saturated heterocycles. The second kappa shape index (κ2) is 17.5. The van der Waals surface area contributed by atoms with Crippen LogP contribution in [0.15, 0.2) is 60.9 Å². The normalized spacial score (nSPS) is 17.9. The maximum absolute atomic E-state index is 13.5. The molecule has 55 heavy (non-hydrogen) atoms. The summed E-state index contributed by atoms with van der Waals surface area (Å²) in [5, 5.41) is 5.34. The Kier molecular flexibility index (Phi) is 12.4. The quantitative estimate of drug-likeness (QED) is 0.121. The molecule has 292 valence electrons. The summed E-state index contributed by atoms with van der Waals surface area (Å²) in [5.41, 5.74) is 3.54. The summed E-state index contributed by atoms with van der Waals surface area (Å²) in [5.74, 6) is 2.57. The lowest BCUT2D eigenvalue weighted by Gasteiger charge is -2.30. The maximum Gasteiger partial charge on any atom is 0.407 e. The standard InChI is InChI=1S/C40H50N8O7/c1-24(2)35(46-40(52)54-5)38(50)48-19-7-9-33(48)37-42-23-31(45-37)27-12-16-29(17-13-27)55-28-14-10-26(11-15-28)30-22-41-36(44-30)32-8-6-18-47(32)34(49)20-25(3)21-43-39(51)53-4/h10-17,22-25,32-33,35H,6-9,18-21H2,1-5H3,(H,41,44)(H,42,45)(H,43,51)(H,46,52). The molecule has 2 aliphatic heterocycles. The van der Waals surface area contributed by atoms with Crippen LogP contribution in [0.1, 0.15) is 76.6 Å². The fourth-order valence-electron chi connectivity index (χ4n) is 7.21.